The molecule has 168 valence electrons. The standard InChI is InChI=1S/C27H28FN5/c1-19-7-6-8-20(17-19)24-18-26-29-23-11-4-2-9-21(23)27(33(26)30-24)32-15-13-31(14-16-32)25-12-5-3-10-22(25)28/h3,5-8,10,12,17-18H,2,4,9,11,13-16H2,1H3. The SMILES string of the molecule is Cc1cccc(-c2cc3nc4c(c(N5CCN(c6ccccc6F)CC5)n3n2)CCCC4)c1. The van der Waals surface area contributed by atoms with E-state index in [9.17, 15) is 4.39 Å². The highest BCUT2D eigenvalue weighted by Gasteiger charge is 2.27. The predicted molar refractivity (Wildman–Crippen MR) is 131 cm³/mol. The molecule has 4 aromatic rings. The van der Waals surface area contributed by atoms with Crippen molar-refractivity contribution >= 4 is 17.2 Å². The summed E-state index contributed by atoms with van der Waals surface area (Å²) >= 11 is 0. The second-order valence-electron chi connectivity index (χ2n) is 9.16. The third-order valence-electron chi connectivity index (χ3n) is 6.94. The molecule has 0 saturated carbocycles. The van der Waals surface area contributed by atoms with Crippen LogP contribution in [-0.4, -0.2) is 40.8 Å². The number of hydrogen-bond acceptors (Lipinski definition) is 4. The van der Waals surface area contributed by atoms with Gasteiger partial charge in [-0.1, -0.05) is 35.9 Å². The molecule has 0 atom stereocenters. The third kappa shape index (κ3) is 3.63. The summed E-state index contributed by atoms with van der Waals surface area (Å²) in [7, 11) is 0. The summed E-state index contributed by atoms with van der Waals surface area (Å²) in [6.07, 6.45) is 4.45. The average molecular weight is 442 g/mol. The first-order valence-electron chi connectivity index (χ1n) is 11.9. The number of piperazine rings is 1. The van der Waals surface area contributed by atoms with Crippen LogP contribution in [0.1, 0.15) is 29.7 Å². The Bertz CT molecular complexity index is 1320. The van der Waals surface area contributed by atoms with Crippen LogP contribution in [0.15, 0.2) is 54.6 Å². The van der Waals surface area contributed by atoms with Gasteiger partial charge in [0.15, 0.2) is 5.65 Å². The number of aromatic nitrogens is 3. The Hall–Kier alpha value is -3.41. The minimum absolute atomic E-state index is 0.149. The molecule has 1 fully saturated rings. The summed E-state index contributed by atoms with van der Waals surface area (Å²) in [4.78, 5) is 9.61. The van der Waals surface area contributed by atoms with Gasteiger partial charge < -0.3 is 9.80 Å². The van der Waals surface area contributed by atoms with Gasteiger partial charge in [-0.3, -0.25) is 0 Å². The van der Waals surface area contributed by atoms with Gasteiger partial charge in [0.2, 0.25) is 0 Å². The predicted octanol–water partition coefficient (Wildman–Crippen LogP) is 5.05. The van der Waals surface area contributed by atoms with E-state index in [1.54, 1.807) is 12.1 Å². The van der Waals surface area contributed by atoms with Gasteiger partial charge in [0, 0.05) is 49.1 Å². The molecular formula is C27H28FN5. The Morgan fingerprint density at radius 1 is 0.848 bits per heavy atom. The lowest BCUT2D eigenvalue weighted by molar-refractivity contribution is 0.588. The number of aryl methyl sites for hydroxylation is 2. The smallest absolute Gasteiger partial charge is 0.158 e. The van der Waals surface area contributed by atoms with E-state index in [1.165, 1.54) is 35.5 Å². The lowest BCUT2D eigenvalue weighted by Gasteiger charge is -2.38. The number of benzene rings is 2. The number of anilines is 2. The van der Waals surface area contributed by atoms with Crippen molar-refractivity contribution < 1.29 is 4.39 Å². The van der Waals surface area contributed by atoms with Crippen LogP contribution in [-0.2, 0) is 12.8 Å². The molecule has 2 aliphatic rings. The van der Waals surface area contributed by atoms with Crippen LogP contribution in [0.2, 0.25) is 0 Å². The van der Waals surface area contributed by atoms with Crippen molar-refractivity contribution in [1.82, 2.24) is 14.6 Å². The Balaban J connectivity index is 1.39. The maximum atomic E-state index is 14.3. The number of hydrogen-bond donors (Lipinski definition) is 0. The van der Waals surface area contributed by atoms with Gasteiger partial charge in [-0.2, -0.15) is 9.61 Å². The third-order valence-corrected chi connectivity index (χ3v) is 6.94. The highest BCUT2D eigenvalue weighted by atomic mass is 19.1. The molecule has 1 aliphatic carbocycles. The largest absolute Gasteiger partial charge is 0.366 e. The first-order chi connectivity index (χ1) is 16.2. The van der Waals surface area contributed by atoms with Crippen molar-refractivity contribution in [3.05, 3.63) is 77.2 Å². The molecule has 0 unspecified atom stereocenters. The number of halogens is 1. The van der Waals surface area contributed by atoms with Gasteiger partial charge >= 0.3 is 0 Å². The summed E-state index contributed by atoms with van der Waals surface area (Å²) in [6, 6.07) is 17.7. The lowest BCUT2D eigenvalue weighted by Crippen LogP contribution is -2.48. The molecule has 2 aromatic heterocycles. The normalized spacial score (nSPS) is 16.3. The molecular weight excluding hydrogens is 413 g/mol. The highest BCUT2D eigenvalue weighted by molar-refractivity contribution is 5.68. The molecule has 0 amide bonds. The number of rotatable bonds is 3. The molecule has 0 bridgehead atoms. The van der Waals surface area contributed by atoms with Crippen LogP contribution in [0, 0.1) is 12.7 Å². The second kappa shape index (κ2) is 8.18. The van der Waals surface area contributed by atoms with E-state index in [2.05, 4.69) is 51.6 Å². The van der Waals surface area contributed by atoms with Gasteiger partial charge in [-0.25, -0.2) is 9.37 Å². The fraction of sp³-hybridized carbons (Fsp3) is 0.333. The van der Waals surface area contributed by atoms with Crippen LogP contribution in [0.25, 0.3) is 16.9 Å². The second-order valence-corrected chi connectivity index (χ2v) is 9.16. The van der Waals surface area contributed by atoms with Gasteiger partial charge in [-0.15, -0.1) is 0 Å². The summed E-state index contributed by atoms with van der Waals surface area (Å²) in [5.41, 5.74) is 7.47. The summed E-state index contributed by atoms with van der Waals surface area (Å²) in [5, 5.41) is 5.04. The molecule has 6 heteroatoms. The minimum Gasteiger partial charge on any atom is -0.366 e. The summed E-state index contributed by atoms with van der Waals surface area (Å²) in [5.74, 6) is 1.03. The molecule has 1 aliphatic heterocycles. The Kier molecular flexibility index (Phi) is 5.01. The molecule has 6 rings (SSSR count). The van der Waals surface area contributed by atoms with Crippen LogP contribution in [0.5, 0.6) is 0 Å². The Labute approximate surface area is 193 Å². The van der Waals surface area contributed by atoms with Crippen molar-refractivity contribution in [3.8, 4) is 11.3 Å². The quantitative estimate of drug-likeness (QED) is 0.446. The van der Waals surface area contributed by atoms with Gasteiger partial charge in [0.1, 0.15) is 11.6 Å². The summed E-state index contributed by atoms with van der Waals surface area (Å²) < 4.78 is 16.4. The fourth-order valence-electron chi connectivity index (χ4n) is 5.26. The van der Waals surface area contributed by atoms with Crippen LogP contribution >= 0.6 is 0 Å². The lowest BCUT2D eigenvalue weighted by atomic mass is 9.96. The number of nitrogens with zero attached hydrogens (tertiary/aromatic N) is 5. The molecule has 0 spiro atoms. The first-order valence-corrected chi connectivity index (χ1v) is 11.9. The van der Waals surface area contributed by atoms with E-state index in [1.807, 2.05) is 12.1 Å². The Morgan fingerprint density at radius 2 is 1.64 bits per heavy atom. The van der Waals surface area contributed by atoms with Crippen LogP contribution < -0.4 is 9.80 Å². The van der Waals surface area contributed by atoms with Crippen molar-refractivity contribution in [2.45, 2.75) is 32.6 Å². The molecule has 33 heavy (non-hydrogen) atoms. The van der Waals surface area contributed by atoms with E-state index >= 15 is 0 Å². The van der Waals surface area contributed by atoms with Crippen molar-refractivity contribution in [2.75, 3.05) is 36.0 Å². The average Bonchev–Trinajstić information content (AvgIpc) is 3.27. The zero-order valence-electron chi connectivity index (χ0n) is 19.0. The molecule has 0 radical (unpaired) electrons. The zero-order valence-corrected chi connectivity index (χ0v) is 19.0. The van der Waals surface area contributed by atoms with E-state index in [-0.39, 0.29) is 5.82 Å². The molecule has 5 nitrogen and oxygen atoms in total. The summed E-state index contributed by atoms with van der Waals surface area (Å²) in [6.45, 7) is 5.34. The maximum Gasteiger partial charge on any atom is 0.158 e. The monoisotopic (exact) mass is 441 g/mol. The van der Waals surface area contributed by atoms with E-state index in [0.717, 1.165) is 55.9 Å². The first kappa shape index (κ1) is 20.2. The van der Waals surface area contributed by atoms with Gasteiger partial charge in [-0.05, 0) is 50.8 Å². The van der Waals surface area contributed by atoms with E-state index in [0.29, 0.717) is 5.69 Å². The molecule has 3 heterocycles. The maximum absolute atomic E-state index is 14.3. The van der Waals surface area contributed by atoms with Crippen LogP contribution in [0.3, 0.4) is 0 Å². The van der Waals surface area contributed by atoms with E-state index in [4.69, 9.17) is 10.1 Å². The highest BCUT2D eigenvalue weighted by Crippen LogP contribution is 2.33. The van der Waals surface area contributed by atoms with Crippen LogP contribution in [0.4, 0.5) is 15.9 Å². The molecule has 1 saturated heterocycles. The van der Waals surface area contributed by atoms with Crippen molar-refractivity contribution in [3.63, 3.8) is 0 Å². The molecule has 0 N–H and O–H groups in total. The number of fused-ring (bicyclic) bond motifs is 2. The van der Waals surface area contributed by atoms with Gasteiger partial charge in [0.25, 0.3) is 0 Å². The Morgan fingerprint density at radius 3 is 2.45 bits per heavy atom. The topological polar surface area (TPSA) is 36.7 Å². The fourth-order valence-corrected chi connectivity index (χ4v) is 5.26. The van der Waals surface area contributed by atoms with Crippen molar-refractivity contribution in [2.24, 2.45) is 0 Å². The minimum atomic E-state index is -0.149. The van der Waals surface area contributed by atoms with E-state index < -0.39 is 0 Å². The van der Waals surface area contributed by atoms with Crippen molar-refractivity contribution in [1.29, 1.82) is 0 Å². The van der Waals surface area contributed by atoms with Gasteiger partial charge in [0.05, 0.1) is 11.4 Å². The molecule has 2 aromatic carbocycles. The number of para-hydroxylation sites is 1. The zero-order chi connectivity index (χ0) is 22.4.